The molecule has 166 valence electrons. The largest absolute Gasteiger partial charge is 0.452 e. The number of carbonyl (C=O) groups excluding carboxylic acids is 2. The van der Waals surface area contributed by atoms with Crippen LogP contribution in [0.15, 0.2) is 59.5 Å². The van der Waals surface area contributed by atoms with E-state index >= 15 is 0 Å². The van der Waals surface area contributed by atoms with Crippen molar-refractivity contribution < 1.29 is 27.1 Å². The molecule has 1 heterocycles. The van der Waals surface area contributed by atoms with E-state index in [9.17, 15) is 22.4 Å². The van der Waals surface area contributed by atoms with Gasteiger partial charge in [0.15, 0.2) is 6.10 Å². The molecular weight excluding hydrogens is 423 g/mol. The van der Waals surface area contributed by atoms with Gasteiger partial charge in [0.05, 0.1) is 5.92 Å². The van der Waals surface area contributed by atoms with Crippen molar-refractivity contribution in [2.75, 3.05) is 13.1 Å². The number of amides is 1. The molecule has 0 aromatic heterocycles. The van der Waals surface area contributed by atoms with Crippen molar-refractivity contribution in [3.05, 3.63) is 66.0 Å². The number of nitrogens with zero attached hydrogens (tertiary/aromatic N) is 1. The first kappa shape index (κ1) is 22.9. The minimum Gasteiger partial charge on any atom is -0.452 e. The highest BCUT2D eigenvalue weighted by molar-refractivity contribution is 7.89. The van der Waals surface area contributed by atoms with Crippen LogP contribution in [0.3, 0.4) is 0 Å². The summed E-state index contributed by atoms with van der Waals surface area (Å²) in [4.78, 5) is 24.3. The second-order valence-corrected chi connectivity index (χ2v) is 9.30. The average Bonchev–Trinajstić information content (AvgIpc) is 2.78. The Hall–Kier alpha value is -2.78. The molecule has 1 N–H and O–H groups in total. The third-order valence-corrected chi connectivity index (χ3v) is 7.15. The average molecular weight is 449 g/mol. The van der Waals surface area contributed by atoms with Gasteiger partial charge >= 0.3 is 5.97 Å². The maximum atomic E-state index is 13.9. The van der Waals surface area contributed by atoms with Gasteiger partial charge in [-0.2, -0.15) is 4.31 Å². The Bertz CT molecular complexity index is 1020. The number of hydrogen-bond acceptors (Lipinski definition) is 5. The molecule has 1 fully saturated rings. The van der Waals surface area contributed by atoms with Crippen LogP contribution in [0.4, 0.5) is 4.39 Å². The lowest BCUT2D eigenvalue weighted by molar-refractivity contribution is -0.159. The minimum atomic E-state index is -3.97. The van der Waals surface area contributed by atoms with E-state index in [0.717, 1.165) is 11.6 Å². The van der Waals surface area contributed by atoms with Crippen LogP contribution >= 0.6 is 0 Å². The zero-order valence-electron chi connectivity index (χ0n) is 17.2. The van der Waals surface area contributed by atoms with Gasteiger partial charge in [0.1, 0.15) is 10.7 Å². The molecule has 0 aliphatic carbocycles. The zero-order chi connectivity index (χ0) is 22.4. The summed E-state index contributed by atoms with van der Waals surface area (Å²) in [6.07, 6.45) is -0.480. The summed E-state index contributed by atoms with van der Waals surface area (Å²) in [6, 6.07) is 14.6. The first-order valence-corrected chi connectivity index (χ1v) is 11.5. The number of rotatable bonds is 7. The van der Waals surface area contributed by atoms with Crippen LogP contribution in [0.2, 0.25) is 0 Å². The Morgan fingerprint density at radius 3 is 2.35 bits per heavy atom. The number of sulfonamides is 1. The van der Waals surface area contributed by atoms with E-state index in [4.69, 9.17) is 4.74 Å². The number of carbonyl (C=O) groups is 2. The molecule has 0 radical (unpaired) electrons. The number of esters is 1. The summed E-state index contributed by atoms with van der Waals surface area (Å²) in [5.74, 6) is -2.27. The number of ether oxygens (including phenoxy) is 1. The molecule has 31 heavy (non-hydrogen) atoms. The van der Waals surface area contributed by atoms with Gasteiger partial charge < -0.3 is 10.1 Å². The van der Waals surface area contributed by atoms with Crippen LogP contribution in [0.1, 0.15) is 25.3 Å². The number of hydrogen-bond donors (Lipinski definition) is 1. The van der Waals surface area contributed by atoms with Gasteiger partial charge in [-0.15, -0.1) is 0 Å². The first-order chi connectivity index (χ1) is 14.8. The molecule has 2 aromatic rings. The molecule has 0 bridgehead atoms. The second kappa shape index (κ2) is 10.0. The number of benzene rings is 2. The standard InChI is InChI=1S/C22H25FN2O5S/c1-16(21(26)24-15-17-7-3-2-4-8-17)30-22(27)18-11-13-25(14-12-18)31(28,29)20-10-6-5-9-19(20)23/h2-10,16,18H,11-15H2,1H3,(H,24,26). The molecule has 1 aliphatic rings. The summed E-state index contributed by atoms with van der Waals surface area (Å²) in [5.41, 5.74) is 0.929. The van der Waals surface area contributed by atoms with Crippen LogP contribution < -0.4 is 5.32 Å². The molecule has 0 spiro atoms. The lowest BCUT2D eigenvalue weighted by atomic mass is 9.98. The minimum absolute atomic E-state index is 0.0744. The van der Waals surface area contributed by atoms with Crippen molar-refractivity contribution in [2.24, 2.45) is 5.92 Å². The lowest BCUT2D eigenvalue weighted by Gasteiger charge is -2.30. The molecular formula is C22H25FN2O5S. The van der Waals surface area contributed by atoms with Gasteiger partial charge in [0.2, 0.25) is 10.0 Å². The van der Waals surface area contributed by atoms with Crippen molar-refractivity contribution >= 4 is 21.9 Å². The first-order valence-electron chi connectivity index (χ1n) is 10.1. The van der Waals surface area contributed by atoms with Crippen LogP contribution in [0, 0.1) is 11.7 Å². The number of piperidine rings is 1. The second-order valence-electron chi connectivity index (χ2n) is 7.39. The highest BCUT2D eigenvalue weighted by Crippen LogP contribution is 2.26. The van der Waals surface area contributed by atoms with Gasteiger partial charge in [-0.05, 0) is 37.5 Å². The van der Waals surface area contributed by atoms with Crippen molar-refractivity contribution in [2.45, 2.75) is 37.3 Å². The van der Waals surface area contributed by atoms with Crippen molar-refractivity contribution in [3.63, 3.8) is 0 Å². The monoisotopic (exact) mass is 448 g/mol. The van der Waals surface area contributed by atoms with Crippen LogP contribution in [0.25, 0.3) is 0 Å². The normalized spacial score (nSPS) is 16.5. The van der Waals surface area contributed by atoms with Gasteiger partial charge in [-0.1, -0.05) is 42.5 Å². The van der Waals surface area contributed by atoms with E-state index < -0.39 is 39.7 Å². The van der Waals surface area contributed by atoms with E-state index in [2.05, 4.69) is 5.32 Å². The molecule has 1 aliphatic heterocycles. The molecule has 0 saturated carbocycles. The topological polar surface area (TPSA) is 92.8 Å². The highest BCUT2D eigenvalue weighted by Gasteiger charge is 2.34. The molecule has 1 unspecified atom stereocenters. The van der Waals surface area contributed by atoms with Gasteiger partial charge in [0, 0.05) is 19.6 Å². The quantitative estimate of drug-likeness (QED) is 0.657. The summed E-state index contributed by atoms with van der Waals surface area (Å²) in [6.45, 7) is 1.97. The molecule has 1 saturated heterocycles. The van der Waals surface area contributed by atoms with Crippen LogP contribution in [-0.2, 0) is 30.9 Å². The van der Waals surface area contributed by atoms with E-state index in [1.807, 2.05) is 30.3 Å². The molecule has 9 heteroatoms. The fraction of sp³-hybridized carbons (Fsp3) is 0.364. The smallest absolute Gasteiger partial charge is 0.309 e. The number of halogens is 1. The van der Waals surface area contributed by atoms with Gasteiger partial charge in [-0.25, -0.2) is 12.8 Å². The van der Waals surface area contributed by atoms with Crippen LogP contribution in [-0.4, -0.2) is 43.8 Å². The third kappa shape index (κ3) is 5.68. The fourth-order valence-electron chi connectivity index (χ4n) is 3.38. The number of nitrogens with one attached hydrogen (secondary N) is 1. The summed E-state index contributed by atoms with van der Waals surface area (Å²) in [5, 5.41) is 2.72. The maximum Gasteiger partial charge on any atom is 0.309 e. The van der Waals surface area contributed by atoms with Crippen molar-refractivity contribution in [1.29, 1.82) is 0 Å². The summed E-state index contributed by atoms with van der Waals surface area (Å²) < 4.78 is 45.7. The molecule has 3 rings (SSSR count). The Labute approximate surface area is 181 Å². The van der Waals surface area contributed by atoms with Crippen molar-refractivity contribution in [3.8, 4) is 0 Å². The third-order valence-electron chi connectivity index (χ3n) is 5.21. The van der Waals surface area contributed by atoms with Gasteiger partial charge in [0.25, 0.3) is 5.91 Å². The Morgan fingerprint density at radius 2 is 1.71 bits per heavy atom. The molecule has 7 nitrogen and oxygen atoms in total. The van der Waals surface area contributed by atoms with E-state index in [-0.39, 0.29) is 30.8 Å². The fourth-order valence-corrected chi connectivity index (χ4v) is 4.91. The summed E-state index contributed by atoms with van der Waals surface area (Å²) in [7, 11) is -3.97. The Balaban J connectivity index is 1.49. The Morgan fingerprint density at radius 1 is 1.10 bits per heavy atom. The SMILES string of the molecule is CC(OC(=O)C1CCN(S(=O)(=O)c2ccccc2F)CC1)C(=O)NCc1ccccc1. The predicted octanol–water partition coefficient (Wildman–Crippen LogP) is 2.47. The van der Waals surface area contributed by atoms with E-state index in [0.29, 0.717) is 6.54 Å². The predicted molar refractivity (Wildman–Crippen MR) is 112 cm³/mol. The van der Waals surface area contributed by atoms with Crippen molar-refractivity contribution in [1.82, 2.24) is 9.62 Å². The molecule has 2 aromatic carbocycles. The highest BCUT2D eigenvalue weighted by atomic mass is 32.2. The summed E-state index contributed by atoms with van der Waals surface area (Å²) >= 11 is 0. The maximum absolute atomic E-state index is 13.9. The lowest BCUT2D eigenvalue weighted by Crippen LogP contribution is -2.42. The molecule has 1 atom stereocenters. The Kier molecular flexibility index (Phi) is 7.40. The zero-order valence-corrected chi connectivity index (χ0v) is 18.0. The van der Waals surface area contributed by atoms with E-state index in [1.54, 1.807) is 0 Å². The molecule has 1 amide bonds. The van der Waals surface area contributed by atoms with Crippen LogP contribution in [0.5, 0.6) is 0 Å². The van der Waals surface area contributed by atoms with E-state index in [1.165, 1.54) is 29.4 Å². The van der Waals surface area contributed by atoms with Gasteiger partial charge in [-0.3, -0.25) is 9.59 Å².